The minimum Gasteiger partial charge on any atom is -0.458 e. The van der Waals surface area contributed by atoms with Crippen LogP contribution in [-0.4, -0.2) is 0 Å². The van der Waals surface area contributed by atoms with Crippen molar-refractivity contribution in [3.63, 3.8) is 0 Å². The lowest BCUT2D eigenvalue weighted by Gasteiger charge is -2.33. The standard InChI is InChI=1S/C26H26N2O2/c1-26(2)17-24(30-23-13-7-20(28)8-14-23)15-16-25(26)18-3-9-21(10-4-18)29-22-11-5-19(27)6-12-22/h3-17,25H,27-28H2,1-2H3. The summed E-state index contributed by atoms with van der Waals surface area (Å²) in [4.78, 5) is 0. The van der Waals surface area contributed by atoms with Crippen molar-refractivity contribution in [1.82, 2.24) is 0 Å². The lowest BCUT2D eigenvalue weighted by Crippen LogP contribution is -2.22. The second kappa shape index (κ2) is 7.99. The lowest BCUT2D eigenvalue weighted by atomic mass is 9.72. The van der Waals surface area contributed by atoms with E-state index in [1.807, 2.05) is 66.7 Å². The highest BCUT2D eigenvalue weighted by atomic mass is 16.5. The number of hydrogen-bond acceptors (Lipinski definition) is 4. The van der Waals surface area contributed by atoms with Crippen LogP contribution in [0.1, 0.15) is 25.3 Å². The summed E-state index contributed by atoms with van der Waals surface area (Å²) < 4.78 is 11.9. The molecule has 0 amide bonds. The zero-order valence-corrected chi connectivity index (χ0v) is 17.2. The van der Waals surface area contributed by atoms with Crippen molar-refractivity contribution < 1.29 is 9.47 Å². The van der Waals surface area contributed by atoms with Gasteiger partial charge in [-0.3, -0.25) is 0 Å². The van der Waals surface area contributed by atoms with Crippen molar-refractivity contribution in [1.29, 1.82) is 0 Å². The Kier molecular flexibility index (Phi) is 5.23. The molecule has 0 spiro atoms. The highest BCUT2D eigenvalue weighted by molar-refractivity contribution is 5.45. The molecule has 4 rings (SSSR count). The minimum absolute atomic E-state index is 0.1000. The summed E-state index contributed by atoms with van der Waals surface area (Å²) in [6.07, 6.45) is 6.40. The number of anilines is 2. The van der Waals surface area contributed by atoms with E-state index >= 15 is 0 Å². The van der Waals surface area contributed by atoms with Gasteiger partial charge in [-0.25, -0.2) is 0 Å². The van der Waals surface area contributed by atoms with E-state index in [0.29, 0.717) is 0 Å². The molecule has 0 radical (unpaired) electrons. The number of ether oxygens (including phenoxy) is 2. The SMILES string of the molecule is CC1(C)C=C(Oc2ccc(N)cc2)C=CC1c1ccc(Oc2ccc(N)cc2)cc1. The van der Waals surface area contributed by atoms with E-state index in [1.54, 1.807) is 0 Å². The number of nitrogens with two attached hydrogens (primary N) is 2. The third kappa shape index (κ3) is 4.49. The van der Waals surface area contributed by atoms with Crippen molar-refractivity contribution in [2.75, 3.05) is 11.5 Å². The van der Waals surface area contributed by atoms with Gasteiger partial charge in [-0.15, -0.1) is 0 Å². The molecule has 1 aliphatic carbocycles. The lowest BCUT2D eigenvalue weighted by molar-refractivity contribution is 0.372. The first-order valence-electron chi connectivity index (χ1n) is 9.97. The first-order chi connectivity index (χ1) is 14.4. The third-order valence-electron chi connectivity index (χ3n) is 5.24. The van der Waals surface area contributed by atoms with Gasteiger partial charge in [0.05, 0.1) is 0 Å². The Morgan fingerprint density at radius 1 is 0.667 bits per heavy atom. The maximum absolute atomic E-state index is 6.01. The van der Waals surface area contributed by atoms with Gasteiger partial charge in [0, 0.05) is 17.3 Å². The average molecular weight is 399 g/mol. The monoisotopic (exact) mass is 398 g/mol. The summed E-state index contributed by atoms with van der Waals surface area (Å²) in [6.45, 7) is 4.43. The third-order valence-corrected chi connectivity index (χ3v) is 5.24. The summed E-state index contributed by atoms with van der Waals surface area (Å²) in [5.74, 6) is 3.41. The van der Waals surface area contributed by atoms with Crippen LogP contribution in [0.5, 0.6) is 17.2 Å². The maximum Gasteiger partial charge on any atom is 0.127 e. The van der Waals surface area contributed by atoms with Crippen LogP contribution in [0.2, 0.25) is 0 Å². The van der Waals surface area contributed by atoms with Crippen LogP contribution in [-0.2, 0) is 0 Å². The van der Waals surface area contributed by atoms with Gasteiger partial charge in [0.15, 0.2) is 0 Å². The summed E-state index contributed by atoms with van der Waals surface area (Å²) >= 11 is 0. The Labute approximate surface area is 177 Å². The van der Waals surface area contributed by atoms with E-state index in [9.17, 15) is 0 Å². The molecule has 3 aromatic rings. The average Bonchev–Trinajstić information content (AvgIpc) is 2.72. The first-order valence-corrected chi connectivity index (χ1v) is 9.97. The van der Waals surface area contributed by atoms with Crippen molar-refractivity contribution in [2.45, 2.75) is 19.8 Å². The molecule has 4 heteroatoms. The Bertz CT molecular complexity index is 1060. The normalized spacial score (nSPS) is 17.3. The molecule has 30 heavy (non-hydrogen) atoms. The molecule has 1 unspecified atom stereocenters. The predicted octanol–water partition coefficient (Wildman–Crippen LogP) is 6.29. The van der Waals surface area contributed by atoms with Crippen LogP contribution in [0, 0.1) is 5.41 Å². The Morgan fingerprint density at radius 3 is 1.63 bits per heavy atom. The van der Waals surface area contributed by atoms with Crippen molar-refractivity contribution in [2.24, 2.45) is 5.41 Å². The summed E-state index contributed by atoms with van der Waals surface area (Å²) in [6, 6.07) is 23.0. The summed E-state index contributed by atoms with van der Waals surface area (Å²) in [5.41, 5.74) is 14.0. The second-order valence-electron chi connectivity index (χ2n) is 8.12. The van der Waals surface area contributed by atoms with Crippen LogP contribution in [0.15, 0.2) is 96.8 Å². The van der Waals surface area contributed by atoms with Gasteiger partial charge in [0.2, 0.25) is 0 Å². The molecule has 0 fully saturated rings. The molecule has 1 atom stereocenters. The van der Waals surface area contributed by atoms with E-state index < -0.39 is 0 Å². The highest BCUT2D eigenvalue weighted by Gasteiger charge is 2.30. The Balaban J connectivity index is 1.46. The van der Waals surface area contributed by atoms with Crippen LogP contribution in [0.3, 0.4) is 0 Å². The fourth-order valence-corrected chi connectivity index (χ4v) is 3.63. The van der Waals surface area contributed by atoms with E-state index in [-0.39, 0.29) is 11.3 Å². The zero-order chi connectivity index (χ0) is 21.1. The number of hydrogen-bond donors (Lipinski definition) is 2. The zero-order valence-electron chi connectivity index (χ0n) is 17.2. The van der Waals surface area contributed by atoms with Crippen molar-refractivity contribution in [3.8, 4) is 17.2 Å². The molecule has 1 aliphatic rings. The minimum atomic E-state index is -0.1000. The summed E-state index contributed by atoms with van der Waals surface area (Å²) in [7, 11) is 0. The quantitative estimate of drug-likeness (QED) is 0.496. The molecule has 0 aliphatic heterocycles. The molecule has 0 heterocycles. The van der Waals surface area contributed by atoms with Crippen molar-refractivity contribution in [3.05, 3.63) is 102 Å². The molecule has 0 saturated carbocycles. The van der Waals surface area contributed by atoms with E-state index in [4.69, 9.17) is 20.9 Å². The molecule has 0 bridgehead atoms. The molecule has 3 aromatic carbocycles. The molecule has 4 N–H and O–H groups in total. The Morgan fingerprint density at radius 2 is 1.13 bits per heavy atom. The fraction of sp³-hybridized carbons (Fsp3) is 0.154. The molecular weight excluding hydrogens is 372 g/mol. The maximum atomic E-state index is 6.01. The highest BCUT2D eigenvalue weighted by Crippen LogP contribution is 2.42. The van der Waals surface area contributed by atoms with Gasteiger partial charge < -0.3 is 20.9 Å². The topological polar surface area (TPSA) is 70.5 Å². The Hall–Kier alpha value is -3.66. The number of nitrogen functional groups attached to an aromatic ring is 2. The molecule has 0 aromatic heterocycles. The second-order valence-corrected chi connectivity index (χ2v) is 8.12. The van der Waals surface area contributed by atoms with Gasteiger partial charge in [0.1, 0.15) is 23.0 Å². The molecule has 0 saturated heterocycles. The first kappa shape index (κ1) is 19.6. The van der Waals surface area contributed by atoms with Gasteiger partial charge in [-0.05, 0) is 83.8 Å². The smallest absolute Gasteiger partial charge is 0.127 e. The van der Waals surface area contributed by atoms with Crippen LogP contribution < -0.4 is 20.9 Å². The van der Waals surface area contributed by atoms with Gasteiger partial charge in [-0.1, -0.05) is 32.1 Å². The number of rotatable bonds is 5. The molecular formula is C26H26N2O2. The predicted molar refractivity (Wildman–Crippen MR) is 123 cm³/mol. The molecule has 4 nitrogen and oxygen atoms in total. The van der Waals surface area contributed by atoms with Gasteiger partial charge in [-0.2, -0.15) is 0 Å². The van der Waals surface area contributed by atoms with E-state index in [1.165, 1.54) is 5.56 Å². The number of benzene rings is 3. The van der Waals surface area contributed by atoms with Crippen LogP contribution >= 0.6 is 0 Å². The summed E-state index contributed by atoms with van der Waals surface area (Å²) in [5, 5.41) is 0. The van der Waals surface area contributed by atoms with E-state index in [0.717, 1.165) is 34.4 Å². The number of allylic oxidation sites excluding steroid dienone is 3. The molecule has 152 valence electrons. The van der Waals surface area contributed by atoms with Crippen LogP contribution in [0.4, 0.5) is 11.4 Å². The van der Waals surface area contributed by atoms with Crippen LogP contribution in [0.25, 0.3) is 0 Å². The fourth-order valence-electron chi connectivity index (χ4n) is 3.63. The van der Waals surface area contributed by atoms with E-state index in [2.05, 4.69) is 38.1 Å². The van der Waals surface area contributed by atoms with Gasteiger partial charge >= 0.3 is 0 Å². The largest absolute Gasteiger partial charge is 0.458 e. The van der Waals surface area contributed by atoms with Crippen molar-refractivity contribution >= 4 is 11.4 Å². The van der Waals surface area contributed by atoms with Gasteiger partial charge in [0.25, 0.3) is 0 Å².